The number of phenolic OH excluding ortho intramolecular Hbond substituents is 1. The minimum atomic E-state index is -0.259. The van der Waals surface area contributed by atoms with E-state index in [-0.39, 0.29) is 24.7 Å². The Labute approximate surface area is 99.4 Å². The summed E-state index contributed by atoms with van der Waals surface area (Å²) in [4.78, 5) is 21.2. The van der Waals surface area contributed by atoms with Crippen LogP contribution in [-0.4, -0.2) is 17.7 Å². The third-order valence-corrected chi connectivity index (χ3v) is 2.31. The van der Waals surface area contributed by atoms with E-state index >= 15 is 0 Å². The zero-order valence-corrected chi connectivity index (χ0v) is 9.68. The number of esters is 1. The molecule has 0 saturated heterocycles. The molecule has 0 amide bonds. The summed E-state index contributed by atoms with van der Waals surface area (Å²) in [6.07, 6.45) is 0.778. The maximum atomic E-state index is 11.1. The molecule has 1 aromatic rings. The van der Waals surface area contributed by atoms with Crippen molar-refractivity contribution in [3.63, 3.8) is 0 Å². The Balaban J connectivity index is 2.58. The molecule has 1 N–H and O–H groups in total. The summed E-state index contributed by atoms with van der Waals surface area (Å²) in [5, 5.41) is 12.3. The summed E-state index contributed by atoms with van der Waals surface area (Å²) in [7, 11) is 0. The van der Waals surface area contributed by atoms with Crippen LogP contribution in [0.4, 0.5) is 0 Å². The molecule has 5 nitrogen and oxygen atoms in total. The fourth-order valence-corrected chi connectivity index (χ4v) is 1.45. The number of aryl methyl sites for hydroxylation is 1. The van der Waals surface area contributed by atoms with Gasteiger partial charge in [0.05, 0.1) is 6.61 Å². The van der Waals surface area contributed by atoms with Gasteiger partial charge in [-0.25, -0.2) is 0 Å². The first kappa shape index (κ1) is 13.2. The van der Waals surface area contributed by atoms with E-state index in [4.69, 9.17) is 4.74 Å². The molecule has 0 radical (unpaired) electrons. The first-order valence-corrected chi connectivity index (χ1v) is 5.43. The van der Waals surface area contributed by atoms with Crippen molar-refractivity contribution >= 4 is 5.97 Å². The van der Waals surface area contributed by atoms with E-state index in [0.717, 1.165) is 5.56 Å². The lowest BCUT2D eigenvalue weighted by molar-refractivity contribution is -0.143. The van der Waals surface area contributed by atoms with Gasteiger partial charge >= 0.3 is 5.97 Å². The van der Waals surface area contributed by atoms with Crippen LogP contribution in [-0.2, 0) is 22.5 Å². The second-order valence-corrected chi connectivity index (χ2v) is 3.56. The molecule has 1 rings (SSSR count). The molecule has 0 aliphatic carbocycles. The molecule has 0 aliphatic rings. The smallest absolute Gasteiger partial charge is 0.306 e. The monoisotopic (exact) mass is 237 g/mol. The van der Waals surface area contributed by atoms with E-state index in [1.54, 1.807) is 25.1 Å². The maximum Gasteiger partial charge on any atom is 0.306 e. The number of phenols is 1. The number of rotatable bonds is 6. The van der Waals surface area contributed by atoms with Gasteiger partial charge in [-0.3, -0.25) is 4.79 Å². The lowest BCUT2D eigenvalue weighted by Crippen LogP contribution is -2.05. The Morgan fingerprint density at radius 1 is 1.47 bits per heavy atom. The molecule has 0 atom stereocenters. The highest BCUT2D eigenvalue weighted by Gasteiger charge is 2.06. The van der Waals surface area contributed by atoms with Crippen molar-refractivity contribution in [2.24, 2.45) is 5.18 Å². The molecule has 0 heterocycles. The number of hydrogen-bond acceptors (Lipinski definition) is 5. The van der Waals surface area contributed by atoms with Gasteiger partial charge in [0.2, 0.25) is 0 Å². The van der Waals surface area contributed by atoms with Crippen molar-refractivity contribution in [1.82, 2.24) is 0 Å². The predicted octanol–water partition coefficient (Wildman–Crippen LogP) is 2.15. The van der Waals surface area contributed by atoms with Crippen molar-refractivity contribution in [3.05, 3.63) is 34.2 Å². The molecule has 1 aromatic carbocycles. The van der Waals surface area contributed by atoms with E-state index < -0.39 is 0 Å². The maximum absolute atomic E-state index is 11.1. The van der Waals surface area contributed by atoms with E-state index in [0.29, 0.717) is 18.6 Å². The zero-order chi connectivity index (χ0) is 12.7. The second kappa shape index (κ2) is 6.62. The molecule has 0 spiro atoms. The molecule has 0 saturated carbocycles. The van der Waals surface area contributed by atoms with Crippen molar-refractivity contribution in [2.45, 2.75) is 26.3 Å². The number of aromatic hydroxyl groups is 1. The van der Waals surface area contributed by atoms with E-state index in [1.807, 2.05) is 0 Å². The molecule has 92 valence electrons. The molecule has 0 fully saturated rings. The number of benzene rings is 1. The van der Waals surface area contributed by atoms with Crippen LogP contribution < -0.4 is 0 Å². The summed E-state index contributed by atoms with van der Waals surface area (Å²) in [5.41, 5.74) is 1.31. The number of nitrogens with zero attached hydrogens (tertiary/aromatic N) is 1. The number of carbonyl (C=O) groups excluding carboxylic acids is 1. The van der Waals surface area contributed by atoms with Crippen molar-refractivity contribution in [3.8, 4) is 5.75 Å². The second-order valence-electron chi connectivity index (χ2n) is 3.56. The Morgan fingerprint density at radius 2 is 2.24 bits per heavy atom. The molecule has 0 unspecified atom stereocenters. The van der Waals surface area contributed by atoms with Crippen molar-refractivity contribution in [2.75, 3.05) is 6.61 Å². The SMILES string of the molecule is CCOC(=O)CCc1ccc(CN=O)c(O)c1. The molecule has 0 aliphatic heterocycles. The van der Waals surface area contributed by atoms with E-state index in [1.165, 1.54) is 0 Å². The average molecular weight is 237 g/mol. The Bertz CT molecular complexity index is 403. The van der Waals surface area contributed by atoms with Gasteiger partial charge in [0, 0.05) is 12.0 Å². The highest BCUT2D eigenvalue weighted by molar-refractivity contribution is 5.69. The molecular formula is C12H15NO4. The summed E-state index contributed by atoms with van der Waals surface area (Å²) >= 11 is 0. The largest absolute Gasteiger partial charge is 0.508 e. The number of hydrogen-bond donors (Lipinski definition) is 1. The topological polar surface area (TPSA) is 76.0 Å². The van der Waals surface area contributed by atoms with Crippen LogP contribution in [0.15, 0.2) is 23.4 Å². The van der Waals surface area contributed by atoms with Gasteiger partial charge in [0.15, 0.2) is 0 Å². The van der Waals surface area contributed by atoms with Gasteiger partial charge in [0.1, 0.15) is 12.3 Å². The minimum absolute atomic E-state index is 0.0333. The lowest BCUT2D eigenvalue weighted by atomic mass is 10.1. The Hall–Kier alpha value is -1.91. The van der Waals surface area contributed by atoms with Crippen LogP contribution in [0.25, 0.3) is 0 Å². The predicted molar refractivity (Wildman–Crippen MR) is 62.6 cm³/mol. The summed E-state index contributed by atoms with van der Waals surface area (Å²) in [6, 6.07) is 4.94. The zero-order valence-electron chi connectivity index (χ0n) is 9.68. The van der Waals surface area contributed by atoms with Gasteiger partial charge < -0.3 is 9.84 Å². The van der Waals surface area contributed by atoms with Crippen LogP contribution in [0.2, 0.25) is 0 Å². The van der Waals surface area contributed by atoms with E-state index in [9.17, 15) is 14.8 Å². The van der Waals surface area contributed by atoms with Gasteiger partial charge in [0.25, 0.3) is 0 Å². The van der Waals surface area contributed by atoms with E-state index in [2.05, 4.69) is 5.18 Å². The quantitative estimate of drug-likeness (QED) is 0.607. The number of nitroso groups, excluding NO2 is 1. The summed E-state index contributed by atoms with van der Waals surface area (Å²) in [5.74, 6) is -0.225. The molecule has 17 heavy (non-hydrogen) atoms. The summed E-state index contributed by atoms with van der Waals surface area (Å²) < 4.78 is 4.80. The average Bonchev–Trinajstić information content (AvgIpc) is 2.30. The Kier molecular flexibility index (Phi) is 5.13. The third-order valence-electron chi connectivity index (χ3n) is 2.31. The van der Waals surface area contributed by atoms with Gasteiger partial charge in [-0.1, -0.05) is 17.3 Å². The minimum Gasteiger partial charge on any atom is -0.508 e. The van der Waals surface area contributed by atoms with Crippen LogP contribution >= 0.6 is 0 Å². The molecule has 0 bridgehead atoms. The number of ether oxygens (including phenoxy) is 1. The van der Waals surface area contributed by atoms with Crippen LogP contribution in [0, 0.1) is 4.91 Å². The van der Waals surface area contributed by atoms with Gasteiger partial charge in [-0.2, -0.15) is 4.91 Å². The van der Waals surface area contributed by atoms with Gasteiger partial charge in [-0.05, 0) is 25.0 Å². The third kappa shape index (κ3) is 4.22. The fraction of sp³-hybridized carbons (Fsp3) is 0.417. The van der Waals surface area contributed by atoms with Gasteiger partial charge in [-0.15, -0.1) is 0 Å². The Morgan fingerprint density at radius 3 is 2.82 bits per heavy atom. The van der Waals surface area contributed by atoms with Crippen LogP contribution in [0.5, 0.6) is 5.75 Å². The first-order valence-electron chi connectivity index (χ1n) is 5.43. The van der Waals surface area contributed by atoms with Crippen LogP contribution in [0.3, 0.4) is 0 Å². The normalized spacial score (nSPS) is 9.94. The highest BCUT2D eigenvalue weighted by atomic mass is 16.5. The highest BCUT2D eigenvalue weighted by Crippen LogP contribution is 2.20. The van der Waals surface area contributed by atoms with Crippen molar-refractivity contribution < 1.29 is 14.6 Å². The molecule has 0 aromatic heterocycles. The molecular weight excluding hydrogens is 222 g/mol. The summed E-state index contributed by atoms with van der Waals surface area (Å²) in [6.45, 7) is 2.07. The van der Waals surface area contributed by atoms with Crippen LogP contribution in [0.1, 0.15) is 24.5 Å². The lowest BCUT2D eigenvalue weighted by Gasteiger charge is -2.05. The number of carbonyl (C=O) groups is 1. The molecule has 5 heteroatoms. The van der Waals surface area contributed by atoms with Crippen molar-refractivity contribution in [1.29, 1.82) is 0 Å². The first-order chi connectivity index (χ1) is 8.17. The fourth-order valence-electron chi connectivity index (χ4n) is 1.45. The standard InChI is InChI=1S/C12H15NO4/c1-2-17-12(15)6-4-9-3-5-10(8-13-16)11(14)7-9/h3,5,7,14H,2,4,6,8H2,1H3.